The van der Waals surface area contributed by atoms with Gasteiger partial charge in [0.2, 0.25) is 10.0 Å². The molecule has 0 fully saturated rings. The van der Waals surface area contributed by atoms with Crippen LogP contribution in [0.3, 0.4) is 0 Å². The minimum absolute atomic E-state index is 0.0744. The van der Waals surface area contributed by atoms with Crippen LogP contribution in [0.4, 0.5) is 0 Å². The average Bonchev–Trinajstić information content (AvgIpc) is 2.61. The molecule has 0 aliphatic rings. The second-order valence-corrected chi connectivity index (χ2v) is 6.23. The van der Waals surface area contributed by atoms with Crippen LogP contribution in [-0.4, -0.2) is 43.8 Å². The first-order valence-corrected chi connectivity index (χ1v) is 8.28. The molecule has 7 nitrogen and oxygen atoms in total. The Morgan fingerprint density at radius 2 is 1.52 bits per heavy atom. The van der Waals surface area contributed by atoms with Crippen molar-refractivity contribution in [2.75, 3.05) is 19.5 Å². The van der Waals surface area contributed by atoms with Crippen LogP contribution in [0.1, 0.15) is 46.0 Å². The molecule has 0 bridgehead atoms. The predicted molar refractivity (Wildman–Crippen MR) is 76.1 cm³/mol. The van der Waals surface area contributed by atoms with Crippen molar-refractivity contribution >= 4 is 22.0 Å². The Morgan fingerprint density at radius 1 is 1.05 bits per heavy atom. The van der Waals surface area contributed by atoms with Gasteiger partial charge in [0.1, 0.15) is 5.69 Å². The van der Waals surface area contributed by atoms with Crippen LogP contribution < -0.4 is 0 Å². The molecule has 1 rings (SSSR count). The van der Waals surface area contributed by atoms with Crippen LogP contribution >= 0.6 is 0 Å². The lowest BCUT2D eigenvalue weighted by Crippen LogP contribution is -2.20. The van der Waals surface area contributed by atoms with E-state index in [0.717, 1.165) is 10.2 Å². The molecule has 1 heterocycles. The Bertz CT molecular complexity index is 671. The zero-order chi connectivity index (χ0) is 16.4. The molecule has 0 atom stereocenters. The summed E-state index contributed by atoms with van der Waals surface area (Å²) in [5.74, 6) is -1.46. The van der Waals surface area contributed by atoms with Gasteiger partial charge in [-0.05, 0) is 33.3 Å². The summed E-state index contributed by atoms with van der Waals surface area (Å²) in [6, 6.07) is 0. The van der Waals surface area contributed by atoms with E-state index in [1.807, 2.05) is 0 Å². The van der Waals surface area contributed by atoms with Gasteiger partial charge >= 0.3 is 11.9 Å². The molecule has 1 aromatic rings. The highest BCUT2D eigenvalue weighted by Gasteiger charge is 2.31. The van der Waals surface area contributed by atoms with Gasteiger partial charge in [-0.3, -0.25) is 0 Å². The van der Waals surface area contributed by atoms with Gasteiger partial charge in [-0.25, -0.2) is 22.0 Å². The summed E-state index contributed by atoms with van der Waals surface area (Å²) in [4.78, 5) is 24.0. The first kappa shape index (κ1) is 17.2. The molecule has 118 valence electrons. The third kappa shape index (κ3) is 3.26. The van der Waals surface area contributed by atoms with Crippen molar-refractivity contribution in [1.29, 1.82) is 0 Å². The van der Waals surface area contributed by atoms with Gasteiger partial charge in [0.25, 0.3) is 0 Å². The molecule has 0 aliphatic heterocycles. The first-order valence-electron chi connectivity index (χ1n) is 6.43. The van der Waals surface area contributed by atoms with Crippen molar-refractivity contribution in [3.05, 3.63) is 22.5 Å². The van der Waals surface area contributed by atoms with Crippen LogP contribution in [-0.2, 0) is 19.5 Å². The largest absolute Gasteiger partial charge is 0.462 e. The molecule has 0 radical (unpaired) electrons. The second-order valence-electron chi connectivity index (χ2n) is 4.40. The van der Waals surface area contributed by atoms with Gasteiger partial charge in [-0.2, -0.15) is 0 Å². The Balaban J connectivity index is 3.66. The molecule has 8 heteroatoms. The highest BCUT2D eigenvalue weighted by atomic mass is 32.2. The maximum absolute atomic E-state index is 12.0. The van der Waals surface area contributed by atoms with Crippen LogP contribution in [0.2, 0.25) is 0 Å². The summed E-state index contributed by atoms with van der Waals surface area (Å²) < 4.78 is 34.5. The molecular weight excluding hydrogens is 298 g/mol. The van der Waals surface area contributed by atoms with E-state index in [9.17, 15) is 18.0 Å². The van der Waals surface area contributed by atoms with Gasteiger partial charge in [-0.1, -0.05) is 0 Å². The minimum Gasteiger partial charge on any atom is -0.462 e. The number of carbonyl (C=O) groups is 2. The molecule has 21 heavy (non-hydrogen) atoms. The van der Waals surface area contributed by atoms with E-state index in [4.69, 9.17) is 9.47 Å². The summed E-state index contributed by atoms with van der Waals surface area (Å²) in [6.45, 7) is 6.44. The number of aromatic nitrogens is 1. The second kappa shape index (κ2) is 6.30. The number of carbonyl (C=O) groups excluding carboxylic acids is 2. The monoisotopic (exact) mass is 317 g/mol. The highest BCUT2D eigenvalue weighted by molar-refractivity contribution is 7.89. The molecular formula is C13H19NO6S. The number of nitrogens with zero attached hydrogens (tertiary/aromatic N) is 1. The van der Waals surface area contributed by atoms with Crippen LogP contribution in [0.15, 0.2) is 0 Å². The van der Waals surface area contributed by atoms with Crippen molar-refractivity contribution in [2.45, 2.75) is 27.7 Å². The summed E-state index contributed by atoms with van der Waals surface area (Å²) in [7, 11) is -3.77. The van der Waals surface area contributed by atoms with Gasteiger partial charge in [0.05, 0.1) is 25.0 Å². The summed E-state index contributed by atoms with van der Waals surface area (Å²) in [5.41, 5.74) is 0.275. The van der Waals surface area contributed by atoms with Gasteiger partial charge in [0, 0.05) is 5.69 Å². The molecule has 0 unspecified atom stereocenters. The van der Waals surface area contributed by atoms with Gasteiger partial charge in [0.15, 0.2) is 0 Å². The lowest BCUT2D eigenvalue weighted by atomic mass is 10.1. The molecule has 0 saturated heterocycles. The smallest absolute Gasteiger partial charge is 0.356 e. The Labute approximate surface area is 123 Å². The molecule has 0 spiro atoms. The number of rotatable bonds is 5. The fraction of sp³-hybridized carbons (Fsp3) is 0.538. The van der Waals surface area contributed by atoms with E-state index in [-0.39, 0.29) is 35.7 Å². The number of hydrogen-bond donors (Lipinski definition) is 0. The van der Waals surface area contributed by atoms with Crippen molar-refractivity contribution in [2.24, 2.45) is 0 Å². The van der Waals surface area contributed by atoms with Gasteiger partial charge in [-0.15, -0.1) is 0 Å². The molecule has 0 saturated carbocycles. The van der Waals surface area contributed by atoms with E-state index in [2.05, 4.69) is 0 Å². The SMILES string of the molecule is CCOC(=O)c1c(C)c(C(=O)OCC)n(S(C)(=O)=O)c1C. The number of ether oxygens (including phenoxy) is 2. The maximum Gasteiger partial charge on any atom is 0.356 e. The third-order valence-corrected chi connectivity index (χ3v) is 4.00. The van der Waals surface area contributed by atoms with Gasteiger partial charge < -0.3 is 9.47 Å². The predicted octanol–water partition coefficient (Wildman–Crippen LogP) is 1.27. The Hall–Kier alpha value is -1.83. The minimum atomic E-state index is -3.77. The third-order valence-electron chi connectivity index (χ3n) is 2.88. The lowest BCUT2D eigenvalue weighted by Gasteiger charge is -2.08. The maximum atomic E-state index is 12.0. The van der Waals surface area contributed by atoms with E-state index in [0.29, 0.717) is 0 Å². The highest BCUT2D eigenvalue weighted by Crippen LogP contribution is 2.25. The topological polar surface area (TPSA) is 91.7 Å². The molecule has 0 aromatic carbocycles. The lowest BCUT2D eigenvalue weighted by molar-refractivity contribution is 0.0516. The van der Waals surface area contributed by atoms with Crippen molar-refractivity contribution in [3.8, 4) is 0 Å². The van der Waals surface area contributed by atoms with Crippen molar-refractivity contribution in [3.63, 3.8) is 0 Å². The molecule has 0 N–H and O–H groups in total. The van der Waals surface area contributed by atoms with Crippen LogP contribution in [0.5, 0.6) is 0 Å². The Kier molecular flexibility index (Phi) is 5.16. The van der Waals surface area contributed by atoms with E-state index < -0.39 is 22.0 Å². The molecule has 1 aromatic heterocycles. The molecule has 0 amide bonds. The molecule has 0 aliphatic carbocycles. The van der Waals surface area contributed by atoms with Crippen LogP contribution in [0, 0.1) is 13.8 Å². The normalized spacial score (nSPS) is 11.3. The number of hydrogen-bond acceptors (Lipinski definition) is 6. The summed E-state index contributed by atoms with van der Waals surface area (Å²) >= 11 is 0. The van der Waals surface area contributed by atoms with Crippen molar-refractivity contribution in [1.82, 2.24) is 3.97 Å². The zero-order valence-electron chi connectivity index (χ0n) is 12.7. The van der Waals surface area contributed by atoms with E-state index >= 15 is 0 Å². The quantitative estimate of drug-likeness (QED) is 0.759. The van der Waals surface area contributed by atoms with Crippen LogP contribution in [0.25, 0.3) is 0 Å². The standard InChI is InChI=1S/C13H19NO6S/c1-6-19-12(15)10-8(3)11(13(16)20-7-2)14(9(10)4)21(5,17)18/h6-7H2,1-5H3. The average molecular weight is 317 g/mol. The fourth-order valence-corrected chi connectivity index (χ4v) is 3.30. The van der Waals surface area contributed by atoms with E-state index in [1.165, 1.54) is 13.8 Å². The van der Waals surface area contributed by atoms with Crippen molar-refractivity contribution < 1.29 is 27.5 Å². The van der Waals surface area contributed by atoms with E-state index in [1.54, 1.807) is 13.8 Å². The summed E-state index contributed by atoms with van der Waals surface area (Å²) in [5, 5.41) is 0. The Morgan fingerprint density at radius 3 is 1.95 bits per heavy atom. The number of esters is 2. The zero-order valence-corrected chi connectivity index (χ0v) is 13.5. The fourth-order valence-electron chi connectivity index (χ4n) is 2.17. The summed E-state index contributed by atoms with van der Waals surface area (Å²) in [6.07, 6.45) is 0.955. The first-order chi connectivity index (χ1) is 9.66.